The minimum absolute atomic E-state index is 0.101. The zero-order valence-electron chi connectivity index (χ0n) is 18.8. The van der Waals surface area contributed by atoms with Crippen LogP contribution in [-0.4, -0.2) is 53.5 Å². The maximum Gasteiger partial charge on any atom is 0.435 e. The summed E-state index contributed by atoms with van der Waals surface area (Å²) in [4.78, 5) is 19.0. The molecule has 8 nitrogen and oxygen atoms in total. The Hall–Kier alpha value is -3.47. The van der Waals surface area contributed by atoms with E-state index < -0.39 is 24.4 Å². The molecule has 0 atom stereocenters. The van der Waals surface area contributed by atoms with E-state index in [0.29, 0.717) is 31.7 Å². The number of methoxy groups -OCH3 is 1. The standard InChI is InChI=1S/C23H23ClF3N5O3/c1-34-18-7-4-10-28-22(18)31-11-8-15(9-12-31)29-20(33)14-35-21-13-19(23(25,26)27)30-32(21)17-6-3-2-5-16(17)24/h2-7,10,13,15H,8-9,11-12,14H2,1H3,(H,29,33). The van der Waals surface area contributed by atoms with Crippen LogP contribution in [0.4, 0.5) is 19.0 Å². The number of nitrogens with one attached hydrogen (secondary N) is 1. The van der Waals surface area contributed by atoms with Gasteiger partial charge >= 0.3 is 6.18 Å². The van der Waals surface area contributed by atoms with Crippen molar-refractivity contribution in [3.63, 3.8) is 0 Å². The summed E-state index contributed by atoms with van der Waals surface area (Å²) in [5, 5.41) is 6.65. The molecule has 1 aromatic carbocycles. The zero-order chi connectivity index (χ0) is 25.0. The number of hydrogen-bond acceptors (Lipinski definition) is 6. The molecule has 35 heavy (non-hydrogen) atoms. The lowest BCUT2D eigenvalue weighted by molar-refractivity contribution is -0.141. The number of para-hydroxylation sites is 1. The predicted molar refractivity (Wildman–Crippen MR) is 123 cm³/mol. The van der Waals surface area contributed by atoms with E-state index >= 15 is 0 Å². The molecule has 1 aliphatic rings. The Balaban J connectivity index is 1.37. The van der Waals surface area contributed by atoms with E-state index in [1.165, 1.54) is 12.1 Å². The van der Waals surface area contributed by atoms with Crippen molar-refractivity contribution in [2.45, 2.75) is 25.1 Å². The van der Waals surface area contributed by atoms with Crippen LogP contribution in [0.3, 0.4) is 0 Å². The van der Waals surface area contributed by atoms with Gasteiger partial charge in [0, 0.05) is 31.4 Å². The molecule has 0 spiro atoms. The largest absolute Gasteiger partial charge is 0.493 e. The van der Waals surface area contributed by atoms with Gasteiger partial charge in [-0.25, -0.2) is 4.98 Å². The first-order chi connectivity index (χ1) is 16.8. The van der Waals surface area contributed by atoms with Crippen molar-refractivity contribution in [2.24, 2.45) is 0 Å². The van der Waals surface area contributed by atoms with Gasteiger partial charge in [0.05, 0.1) is 17.8 Å². The summed E-state index contributed by atoms with van der Waals surface area (Å²) >= 11 is 6.13. The number of aromatic nitrogens is 3. The second kappa shape index (κ2) is 10.4. The topological polar surface area (TPSA) is 81.5 Å². The van der Waals surface area contributed by atoms with E-state index in [1.807, 2.05) is 6.07 Å². The van der Waals surface area contributed by atoms with Gasteiger partial charge in [0.25, 0.3) is 5.91 Å². The third kappa shape index (κ3) is 5.79. The number of halogens is 4. The van der Waals surface area contributed by atoms with Crippen molar-refractivity contribution in [3.8, 4) is 17.3 Å². The van der Waals surface area contributed by atoms with Gasteiger partial charge in [-0.1, -0.05) is 23.7 Å². The Kier molecular flexibility index (Phi) is 7.34. The number of piperidine rings is 1. The minimum atomic E-state index is -4.68. The van der Waals surface area contributed by atoms with Crippen molar-refractivity contribution >= 4 is 23.3 Å². The summed E-state index contributed by atoms with van der Waals surface area (Å²) in [5.74, 6) is 0.741. The molecule has 0 bridgehead atoms. The van der Waals surface area contributed by atoms with E-state index in [-0.39, 0.29) is 22.6 Å². The van der Waals surface area contributed by atoms with Crippen LogP contribution in [-0.2, 0) is 11.0 Å². The summed E-state index contributed by atoms with van der Waals surface area (Å²) in [7, 11) is 1.59. The average Bonchev–Trinajstić information content (AvgIpc) is 3.28. The lowest BCUT2D eigenvalue weighted by atomic mass is 10.0. The molecule has 12 heteroatoms. The zero-order valence-corrected chi connectivity index (χ0v) is 19.5. The highest BCUT2D eigenvalue weighted by molar-refractivity contribution is 6.32. The molecule has 3 aromatic rings. The van der Waals surface area contributed by atoms with E-state index in [9.17, 15) is 18.0 Å². The molecule has 0 aliphatic carbocycles. The average molecular weight is 510 g/mol. The van der Waals surface area contributed by atoms with Gasteiger partial charge in [-0.15, -0.1) is 0 Å². The quantitative estimate of drug-likeness (QED) is 0.516. The van der Waals surface area contributed by atoms with Crippen LogP contribution in [0, 0.1) is 0 Å². The van der Waals surface area contributed by atoms with Crippen LogP contribution in [0.1, 0.15) is 18.5 Å². The molecule has 0 radical (unpaired) electrons. The van der Waals surface area contributed by atoms with Crippen LogP contribution in [0.15, 0.2) is 48.7 Å². The number of rotatable bonds is 7. The van der Waals surface area contributed by atoms with E-state index in [4.69, 9.17) is 21.1 Å². The van der Waals surface area contributed by atoms with Crippen LogP contribution in [0.2, 0.25) is 5.02 Å². The fraction of sp³-hybridized carbons (Fsp3) is 0.348. The SMILES string of the molecule is COc1cccnc1N1CCC(NC(=O)COc2cc(C(F)(F)F)nn2-c2ccccc2Cl)CC1. The van der Waals surface area contributed by atoms with Crippen LogP contribution in [0.25, 0.3) is 5.69 Å². The Bertz CT molecular complexity index is 1180. The number of hydrogen-bond donors (Lipinski definition) is 1. The number of anilines is 1. The smallest absolute Gasteiger partial charge is 0.435 e. The molecule has 1 N–H and O–H groups in total. The molecule has 1 aliphatic heterocycles. The Morgan fingerprint density at radius 3 is 2.63 bits per heavy atom. The first-order valence-corrected chi connectivity index (χ1v) is 11.2. The predicted octanol–water partition coefficient (Wildman–Crippen LogP) is 4.11. The van der Waals surface area contributed by atoms with Crippen LogP contribution in [0.5, 0.6) is 11.6 Å². The third-order valence-electron chi connectivity index (χ3n) is 5.53. The minimum Gasteiger partial charge on any atom is -0.493 e. The van der Waals surface area contributed by atoms with Gasteiger partial charge in [0.15, 0.2) is 23.9 Å². The summed E-state index contributed by atoms with van der Waals surface area (Å²) in [6.07, 6.45) is -1.65. The monoisotopic (exact) mass is 509 g/mol. The number of carbonyl (C=O) groups is 1. The van der Waals surface area contributed by atoms with Crippen LogP contribution < -0.4 is 19.7 Å². The second-order valence-corrected chi connectivity index (χ2v) is 8.28. The molecule has 1 saturated heterocycles. The van der Waals surface area contributed by atoms with Gasteiger partial charge in [0.2, 0.25) is 5.88 Å². The molecule has 186 valence electrons. The van der Waals surface area contributed by atoms with Crippen LogP contribution >= 0.6 is 11.6 Å². The van der Waals surface area contributed by atoms with E-state index in [2.05, 4.69) is 20.3 Å². The first kappa shape index (κ1) is 24.6. The molecular formula is C23H23ClF3N5O3. The Morgan fingerprint density at radius 1 is 1.20 bits per heavy atom. The van der Waals surface area contributed by atoms with Gasteiger partial charge in [-0.05, 0) is 37.1 Å². The molecule has 1 amide bonds. The number of nitrogens with zero attached hydrogens (tertiary/aromatic N) is 4. The van der Waals surface area contributed by atoms with Crippen molar-refractivity contribution in [1.29, 1.82) is 0 Å². The molecule has 2 aromatic heterocycles. The molecular weight excluding hydrogens is 487 g/mol. The third-order valence-corrected chi connectivity index (χ3v) is 5.85. The van der Waals surface area contributed by atoms with Crippen molar-refractivity contribution in [3.05, 3.63) is 59.4 Å². The number of carbonyl (C=O) groups excluding carboxylic acids is 1. The number of ether oxygens (including phenoxy) is 2. The lowest BCUT2D eigenvalue weighted by Gasteiger charge is -2.33. The summed E-state index contributed by atoms with van der Waals surface area (Å²) < 4.78 is 51.5. The van der Waals surface area contributed by atoms with E-state index in [0.717, 1.165) is 16.6 Å². The Labute approximate surface area is 204 Å². The van der Waals surface area contributed by atoms with Gasteiger partial charge < -0.3 is 19.7 Å². The normalized spacial score (nSPS) is 14.6. The van der Waals surface area contributed by atoms with Crippen molar-refractivity contribution < 1.29 is 27.4 Å². The maximum atomic E-state index is 13.2. The number of benzene rings is 1. The maximum absolute atomic E-state index is 13.2. The Morgan fingerprint density at radius 2 is 1.94 bits per heavy atom. The molecule has 0 unspecified atom stereocenters. The highest BCUT2D eigenvalue weighted by atomic mass is 35.5. The highest BCUT2D eigenvalue weighted by Crippen LogP contribution is 2.33. The van der Waals surface area contributed by atoms with Gasteiger partial charge in [-0.2, -0.15) is 23.0 Å². The first-order valence-electron chi connectivity index (χ1n) is 10.8. The lowest BCUT2D eigenvalue weighted by Crippen LogP contribution is -2.46. The number of alkyl halides is 3. The van der Waals surface area contributed by atoms with Gasteiger partial charge in [0.1, 0.15) is 0 Å². The van der Waals surface area contributed by atoms with E-state index in [1.54, 1.807) is 31.5 Å². The second-order valence-electron chi connectivity index (χ2n) is 7.88. The summed E-state index contributed by atoms with van der Waals surface area (Å²) in [5.41, 5.74) is -0.942. The molecule has 0 saturated carbocycles. The highest BCUT2D eigenvalue weighted by Gasteiger charge is 2.36. The van der Waals surface area contributed by atoms with Crippen molar-refractivity contribution in [1.82, 2.24) is 20.1 Å². The molecule has 3 heterocycles. The fourth-order valence-electron chi connectivity index (χ4n) is 3.82. The fourth-order valence-corrected chi connectivity index (χ4v) is 4.04. The summed E-state index contributed by atoms with van der Waals surface area (Å²) in [6.45, 7) is 0.850. The summed E-state index contributed by atoms with van der Waals surface area (Å²) in [6, 6.07) is 10.6. The molecule has 1 fully saturated rings. The number of pyridine rings is 1. The van der Waals surface area contributed by atoms with Gasteiger partial charge in [-0.3, -0.25) is 4.79 Å². The molecule has 4 rings (SSSR count). The van der Waals surface area contributed by atoms with Crippen molar-refractivity contribution in [2.75, 3.05) is 31.7 Å². The number of amides is 1.